The smallest absolute Gasteiger partial charge is 0.252 e. The topological polar surface area (TPSA) is 64.1 Å². The molecule has 1 amide bonds. The van der Waals surface area contributed by atoms with Crippen LogP contribution >= 0.6 is 0 Å². The lowest BCUT2D eigenvalue weighted by molar-refractivity contribution is 0.0952. The Morgan fingerprint density at radius 1 is 1.33 bits per heavy atom. The fourth-order valence-electron chi connectivity index (χ4n) is 2.05. The van der Waals surface area contributed by atoms with Crippen molar-refractivity contribution >= 4 is 5.91 Å². The molecule has 18 heavy (non-hydrogen) atoms. The van der Waals surface area contributed by atoms with Crippen LogP contribution in [0.4, 0.5) is 0 Å². The van der Waals surface area contributed by atoms with Crippen LogP contribution in [0.5, 0.6) is 5.75 Å². The van der Waals surface area contributed by atoms with Gasteiger partial charge in [0.2, 0.25) is 0 Å². The Morgan fingerprint density at radius 3 is 3.06 bits per heavy atom. The fraction of sp³-hybridized carbons (Fsp3) is 0.154. The van der Waals surface area contributed by atoms with Gasteiger partial charge in [0.15, 0.2) is 0 Å². The van der Waals surface area contributed by atoms with E-state index in [4.69, 9.17) is 4.74 Å². The highest BCUT2D eigenvalue weighted by atomic mass is 16.5. The number of nitrogens with zero attached hydrogens (tertiary/aromatic N) is 2. The predicted octanol–water partition coefficient (Wildman–Crippen LogP) is 1.40. The molecule has 0 unspecified atom stereocenters. The number of fused-ring (bicyclic) bond motifs is 3. The van der Waals surface area contributed by atoms with Crippen molar-refractivity contribution in [1.82, 2.24) is 15.3 Å². The first kappa shape index (κ1) is 10.7. The van der Waals surface area contributed by atoms with E-state index in [9.17, 15) is 4.79 Å². The summed E-state index contributed by atoms with van der Waals surface area (Å²) in [7, 11) is 1.58. The van der Waals surface area contributed by atoms with Crippen molar-refractivity contribution in [2.75, 3.05) is 7.11 Å². The largest absolute Gasteiger partial charge is 0.497 e. The molecule has 2 aromatic rings. The lowest BCUT2D eigenvalue weighted by Gasteiger charge is -2.07. The molecule has 0 bridgehead atoms. The van der Waals surface area contributed by atoms with Gasteiger partial charge in [0, 0.05) is 23.9 Å². The summed E-state index contributed by atoms with van der Waals surface area (Å²) >= 11 is 0. The van der Waals surface area contributed by atoms with Crippen molar-refractivity contribution < 1.29 is 9.53 Å². The second-order valence-corrected chi connectivity index (χ2v) is 3.99. The van der Waals surface area contributed by atoms with Gasteiger partial charge in [-0.25, -0.2) is 9.97 Å². The van der Waals surface area contributed by atoms with Gasteiger partial charge in [0.25, 0.3) is 5.91 Å². The molecular formula is C13H11N3O2. The zero-order valence-electron chi connectivity index (χ0n) is 9.80. The first-order valence-corrected chi connectivity index (χ1v) is 5.55. The minimum absolute atomic E-state index is 0.123. The highest BCUT2D eigenvalue weighted by molar-refractivity contribution is 6.02. The molecule has 3 rings (SSSR count). The summed E-state index contributed by atoms with van der Waals surface area (Å²) in [6.45, 7) is 0.437. The van der Waals surface area contributed by atoms with Crippen LogP contribution in [0.25, 0.3) is 11.3 Å². The maximum absolute atomic E-state index is 12.0. The number of hydrogen-bond acceptors (Lipinski definition) is 4. The van der Waals surface area contributed by atoms with Gasteiger partial charge in [0.05, 0.1) is 18.4 Å². The van der Waals surface area contributed by atoms with Crippen molar-refractivity contribution in [3.05, 3.63) is 41.9 Å². The highest BCUT2D eigenvalue weighted by Gasteiger charge is 2.21. The first-order valence-electron chi connectivity index (χ1n) is 5.55. The Labute approximate surface area is 104 Å². The Hall–Kier alpha value is -2.43. The van der Waals surface area contributed by atoms with Gasteiger partial charge < -0.3 is 10.1 Å². The monoisotopic (exact) mass is 241 g/mol. The van der Waals surface area contributed by atoms with Crippen LogP contribution in [-0.2, 0) is 6.54 Å². The van der Waals surface area contributed by atoms with Gasteiger partial charge in [-0.1, -0.05) is 0 Å². The van der Waals surface area contributed by atoms with Crippen LogP contribution in [-0.4, -0.2) is 23.0 Å². The second-order valence-electron chi connectivity index (χ2n) is 3.99. The second kappa shape index (κ2) is 4.10. The summed E-state index contributed by atoms with van der Waals surface area (Å²) in [5, 5.41) is 2.83. The van der Waals surface area contributed by atoms with Crippen LogP contribution in [0, 0.1) is 0 Å². The molecule has 1 aliphatic rings. The van der Waals surface area contributed by atoms with E-state index in [0.29, 0.717) is 17.9 Å². The number of carbonyl (C=O) groups is 1. The molecule has 0 saturated heterocycles. The van der Waals surface area contributed by atoms with E-state index >= 15 is 0 Å². The third-order valence-corrected chi connectivity index (χ3v) is 2.95. The summed E-state index contributed by atoms with van der Waals surface area (Å²) in [4.78, 5) is 20.3. The van der Waals surface area contributed by atoms with Gasteiger partial charge >= 0.3 is 0 Å². The quantitative estimate of drug-likeness (QED) is 0.819. The van der Waals surface area contributed by atoms with Gasteiger partial charge in [-0.3, -0.25) is 4.79 Å². The van der Waals surface area contributed by atoms with Gasteiger partial charge in [0.1, 0.15) is 12.1 Å². The van der Waals surface area contributed by atoms with E-state index in [1.807, 2.05) is 12.1 Å². The van der Waals surface area contributed by atoms with Crippen LogP contribution in [0.3, 0.4) is 0 Å². The summed E-state index contributed by atoms with van der Waals surface area (Å²) in [6.07, 6.45) is 3.21. The van der Waals surface area contributed by atoms with Crippen molar-refractivity contribution in [2.45, 2.75) is 6.54 Å². The molecule has 0 fully saturated rings. The Balaban J connectivity index is 2.26. The van der Waals surface area contributed by atoms with Crippen LogP contribution in [0.15, 0.2) is 30.7 Å². The summed E-state index contributed by atoms with van der Waals surface area (Å²) < 4.78 is 5.14. The summed E-state index contributed by atoms with van der Waals surface area (Å²) in [6, 6.07) is 5.40. The van der Waals surface area contributed by atoms with E-state index in [0.717, 1.165) is 16.8 Å². The SMILES string of the molecule is COc1ccc2c(c1)C(=O)NCc1cncnc1-2. The lowest BCUT2D eigenvalue weighted by atomic mass is 10.0. The zero-order chi connectivity index (χ0) is 12.5. The number of benzene rings is 1. The summed E-state index contributed by atoms with van der Waals surface area (Å²) in [5.74, 6) is 0.531. The molecule has 1 aromatic heterocycles. The average molecular weight is 241 g/mol. The highest BCUT2D eigenvalue weighted by Crippen LogP contribution is 2.30. The van der Waals surface area contributed by atoms with E-state index in [1.54, 1.807) is 19.4 Å². The minimum atomic E-state index is -0.123. The Morgan fingerprint density at radius 2 is 2.22 bits per heavy atom. The standard InChI is InChI=1S/C13H11N3O2/c1-18-9-2-3-10-11(4-9)13(17)15-6-8-5-14-7-16-12(8)10/h2-5,7H,6H2,1H3,(H,15,17). The minimum Gasteiger partial charge on any atom is -0.497 e. The molecule has 1 N–H and O–H groups in total. The number of aromatic nitrogens is 2. The zero-order valence-corrected chi connectivity index (χ0v) is 9.80. The van der Waals surface area contributed by atoms with Crippen molar-refractivity contribution in [1.29, 1.82) is 0 Å². The molecule has 5 nitrogen and oxygen atoms in total. The van der Waals surface area contributed by atoms with Gasteiger partial charge in [-0.05, 0) is 18.2 Å². The van der Waals surface area contributed by atoms with Crippen LogP contribution in [0.1, 0.15) is 15.9 Å². The Bertz CT molecular complexity index is 625. The van der Waals surface area contributed by atoms with E-state index in [1.165, 1.54) is 6.33 Å². The molecule has 5 heteroatoms. The maximum atomic E-state index is 12.0. The molecule has 0 radical (unpaired) electrons. The normalized spacial score (nSPS) is 13.1. The number of carbonyl (C=O) groups excluding carboxylic acids is 1. The molecule has 2 heterocycles. The van der Waals surface area contributed by atoms with Crippen molar-refractivity contribution in [2.24, 2.45) is 0 Å². The van der Waals surface area contributed by atoms with Crippen LogP contribution in [0.2, 0.25) is 0 Å². The molecule has 1 aliphatic heterocycles. The van der Waals surface area contributed by atoms with E-state index in [-0.39, 0.29) is 5.91 Å². The van der Waals surface area contributed by atoms with Crippen molar-refractivity contribution in [3.63, 3.8) is 0 Å². The lowest BCUT2D eigenvalue weighted by Crippen LogP contribution is -2.21. The third-order valence-electron chi connectivity index (χ3n) is 2.95. The average Bonchev–Trinajstić information content (AvgIpc) is 2.57. The number of hydrogen-bond donors (Lipinski definition) is 1. The van der Waals surface area contributed by atoms with Crippen molar-refractivity contribution in [3.8, 4) is 17.0 Å². The molecule has 1 aromatic carbocycles. The number of nitrogens with one attached hydrogen (secondary N) is 1. The van der Waals surface area contributed by atoms with E-state index < -0.39 is 0 Å². The first-order chi connectivity index (χ1) is 8.79. The Kier molecular flexibility index (Phi) is 2.44. The van der Waals surface area contributed by atoms with Gasteiger partial charge in [-0.2, -0.15) is 0 Å². The number of amides is 1. The van der Waals surface area contributed by atoms with E-state index in [2.05, 4.69) is 15.3 Å². The molecule has 90 valence electrons. The third kappa shape index (κ3) is 1.60. The number of methoxy groups -OCH3 is 1. The maximum Gasteiger partial charge on any atom is 0.252 e. The molecular weight excluding hydrogens is 230 g/mol. The number of rotatable bonds is 1. The molecule has 0 aliphatic carbocycles. The fourth-order valence-corrected chi connectivity index (χ4v) is 2.05. The number of ether oxygens (including phenoxy) is 1. The molecule has 0 atom stereocenters. The molecule has 0 saturated carbocycles. The molecule has 0 spiro atoms. The predicted molar refractivity (Wildman–Crippen MR) is 65.2 cm³/mol. The summed E-state index contributed by atoms with van der Waals surface area (Å²) in [5.41, 5.74) is 3.09. The van der Waals surface area contributed by atoms with Gasteiger partial charge in [-0.15, -0.1) is 0 Å². The van der Waals surface area contributed by atoms with Crippen LogP contribution < -0.4 is 10.1 Å².